The van der Waals surface area contributed by atoms with Gasteiger partial charge in [0.05, 0.1) is 17.2 Å². The molecular weight excluding hydrogens is 475 g/mol. The minimum absolute atomic E-state index is 0.0567. The van der Waals surface area contributed by atoms with Crippen molar-refractivity contribution in [3.05, 3.63) is 112 Å². The van der Waals surface area contributed by atoms with E-state index in [-0.39, 0.29) is 22.2 Å². The lowest BCUT2D eigenvalue weighted by atomic mass is 10.0. The maximum atomic E-state index is 13.1. The molecule has 0 aliphatic heterocycles. The number of carbonyl (C=O) groups is 2. The fraction of sp³-hybridized carbons (Fsp3) is 0.0800. The topological polar surface area (TPSA) is 116 Å². The van der Waals surface area contributed by atoms with Crippen LogP contribution in [0.15, 0.2) is 88.8 Å². The summed E-state index contributed by atoms with van der Waals surface area (Å²) in [6.07, 6.45) is -3.49. The quantitative estimate of drug-likeness (QED) is 0.281. The summed E-state index contributed by atoms with van der Waals surface area (Å²) in [5.74, 6) is -1.41. The van der Waals surface area contributed by atoms with Crippen LogP contribution in [-0.4, -0.2) is 28.2 Å². The second-order valence-corrected chi connectivity index (χ2v) is 7.61. The number of hydrogen-bond acceptors (Lipinski definition) is 5. The minimum Gasteiger partial charge on any atom is -0.335 e. The summed E-state index contributed by atoms with van der Waals surface area (Å²) in [6.45, 7) is 0. The molecule has 3 N–H and O–H groups in total. The standard InChI is InChI=1S/C25H18F3N5O3/c26-25(27,28)17-10-6-7-15(13-17)14-29-32-24(36)21(30-22(34)16-8-2-1-3-9-16)20-18-11-4-5-12-19(18)23(35)33-31-20/h1-14,21H,(H,30,34)(H,32,36)(H,33,35)/b29-14+. The van der Waals surface area contributed by atoms with E-state index in [1.807, 2.05) is 0 Å². The molecule has 0 spiro atoms. The molecular formula is C25H18F3N5O3. The summed E-state index contributed by atoms with van der Waals surface area (Å²) in [4.78, 5) is 38.1. The number of alkyl halides is 3. The van der Waals surface area contributed by atoms with E-state index >= 15 is 0 Å². The molecule has 0 aliphatic carbocycles. The van der Waals surface area contributed by atoms with E-state index in [0.29, 0.717) is 5.39 Å². The van der Waals surface area contributed by atoms with E-state index in [2.05, 4.69) is 26.0 Å². The number of aromatic nitrogens is 2. The number of nitrogens with one attached hydrogen (secondary N) is 3. The third kappa shape index (κ3) is 5.46. The molecule has 0 saturated heterocycles. The van der Waals surface area contributed by atoms with Gasteiger partial charge in [0.25, 0.3) is 17.4 Å². The Bertz CT molecular complexity index is 1500. The van der Waals surface area contributed by atoms with Gasteiger partial charge in [-0.2, -0.15) is 23.4 Å². The molecule has 4 rings (SSSR count). The first-order valence-corrected chi connectivity index (χ1v) is 10.6. The third-order valence-corrected chi connectivity index (χ3v) is 5.17. The van der Waals surface area contributed by atoms with Gasteiger partial charge >= 0.3 is 6.18 Å². The zero-order valence-corrected chi connectivity index (χ0v) is 18.4. The van der Waals surface area contributed by atoms with Crippen LogP contribution in [0.5, 0.6) is 0 Å². The number of hydrazone groups is 1. The van der Waals surface area contributed by atoms with Crippen LogP contribution in [0.1, 0.15) is 33.2 Å². The molecule has 1 atom stereocenters. The van der Waals surface area contributed by atoms with Gasteiger partial charge in [0.1, 0.15) is 5.69 Å². The number of H-pyrrole nitrogens is 1. The lowest BCUT2D eigenvalue weighted by Crippen LogP contribution is -2.40. The van der Waals surface area contributed by atoms with Gasteiger partial charge in [-0.05, 0) is 35.9 Å². The van der Waals surface area contributed by atoms with Gasteiger partial charge in [-0.25, -0.2) is 10.5 Å². The largest absolute Gasteiger partial charge is 0.416 e. The number of rotatable bonds is 6. The Labute approximate surface area is 201 Å². The summed E-state index contributed by atoms with van der Waals surface area (Å²) in [5, 5.41) is 13.2. The molecule has 0 fully saturated rings. The number of nitrogens with zero attached hydrogens (tertiary/aromatic N) is 2. The molecule has 11 heteroatoms. The molecule has 0 aliphatic rings. The van der Waals surface area contributed by atoms with Gasteiger partial charge in [0.2, 0.25) is 0 Å². The average Bonchev–Trinajstić information content (AvgIpc) is 2.88. The van der Waals surface area contributed by atoms with Crippen LogP contribution in [0.4, 0.5) is 13.2 Å². The van der Waals surface area contributed by atoms with Crippen LogP contribution in [0.3, 0.4) is 0 Å². The van der Waals surface area contributed by atoms with Gasteiger partial charge in [-0.15, -0.1) is 0 Å². The molecule has 4 aromatic rings. The highest BCUT2D eigenvalue weighted by atomic mass is 19.4. The van der Waals surface area contributed by atoms with Crippen LogP contribution in [-0.2, 0) is 11.0 Å². The average molecular weight is 493 g/mol. The van der Waals surface area contributed by atoms with Crippen molar-refractivity contribution in [2.75, 3.05) is 0 Å². The van der Waals surface area contributed by atoms with Crippen LogP contribution in [0, 0.1) is 0 Å². The fourth-order valence-electron chi connectivity index (χ4n) is 3.45. The van der Waals surface area contributed by atoms with E-state index in [0.717, 1.165) is 18.3 Å². The number of halogens is 3. The smallest absolute Gasteiger partial charge is 0.335 e. The van der Waals surface area contributed by atoms with Crippen molar-refractivity contribution >= 4 is 28.8 Å². The number of amides is 2. The molecule has 182 valence electrons. The number of aromatic amines is 1. The normalized spacial score (nSPS) is 12.4. The van der Waals surface area contributed by atoms with Crippen molar-refractivity contribution in [3.63, 3.8) is 0 Å². The number of benzene rings is 3. The molecule has 1 heterocycles. The van der Waals surface area contributed by atoms with E-state index < -0.39 is 35.2 Å². The third-order valence-electron chi connectivity index (χ3n) is 5.17. The van der Waals surface area contributed by atoms with Crippen LogP contribution in [0.2, 0.25) is 0 Å². The maximum absolute atomic E-state index is 13.1. The van der Waals surface area contributed by atoms with E-state index in [1.54, 1.807) is 54.6 Å². The van der Waals surface area contributed by atoms with E-state index in [9.17, 15) is 27.6 Å². The van der Waals surface area contributed by atoms with E-state index in [4.69, 9.17) is 0 Å². The Kier molecular flexibility index (Phi) is 6.91. The monoisotopic (exact) mass is 493 g/mol. The first-order chi connectivity index (χ1) is 17.2. The summed E-state index contributed by atoms with van der Waals surface area (Å²) in [6, 6.07) is 17.5. The molecule has 0 radical (unpaired) electrons. The summed E-state index contributed by atoms with van der Waals surface area (Å²) in [7, 11) is 0. The molecule has 8 nitrogen and oxygen atoms in total. The Morgan fingerprint density at radius 1 is 0.944 bits per heavy atom. The first-order valence-electron chi connectivity index (χ1n) is 10.6. The zero-order valence-electron chi connectivity index (χ0n) is 18.4. The number of fused-ring (bicyclic) bond motifs is 1. The predicted molar refractivity (Wildman–Crippen MR) is 126 cm³/mol. The molecule has 3 aromatic carbocycles. The van der Waals surface area contributed by atoms with Crippen LogP contribution < -0.4 is 16.3 Å². The lowest BCUT2D eigenvalue weighted by Gasteiger charge is -2.18. The highest BCUT2D eigenvalue weighted by Crippen LogP contribution is 2.29. The fourth-order valence-corrected chi connectivity index (χ4v) is 3.45. The van der Waals surface area contributed by atoms with Crippen molar-refractivity contribution < 1.29 is 22.8 Å². The summed E-state index contributed by atoms with van der Waals surface area (Å²) in [5.41, 5.74) is 1.31. The molecule has 0 bridgehead atoms. The summed E-state index contributed by atoms with van der Waals surface area (Å²) >= 11 is 0. The predicted octanol–water partition coefficient (Wildman–Crippen LogP) is 3.56. The van der Waals surface area contributed by atoms with E-state index in [1.165, 1.54) is 12.1 Å². The summed E-state index contributed by atoms with van der Waals surface area (Å²) < 4.78 is 38.8. The highest BCUT2D eigenvalue weighted by molar-refractivity contribution is 5.99. The SMILES string of the molecule is O=C(NC(C(=O)N/N=C/c1cccc(C(F)(F)F)c1)c1n[nH]c(=O)c2ccccc12)c1ccccc1. The Morgan fingerprint density at radius 2 is 1.64 bits per heavy atom. The molecule has 2 amide bonds. The lowest BCUT2D eigenvalue weighted by molar-refractivity contribution is -0.137. The van der Waals surface area contributed by atoms with Crippen molar-refractivity contribution in [2.24, 2.45) is 5.10 Å². The van der Waals surface area contributed by atoms with Crippen LogP contribution >= 0.6 is 0 Å². The maximum Gasteiger partial charge on any atom is 0.416 e. The Balaban J connectivity index is 1.65. The van der Waals surface area contributed by atoms with Gasteiger partial charge in [0.15, 0.2) is 6.04 Å². The van der Waals surface area contributed by atoms with Crippen LogP contribution in [0.25, 0.3) is 10.8 Å². The zero-order chi connectivity index (χ0) is 25.7. The number of carbonyl (C=O) groups excluding carboxylic acids is 2. The second kappa shape index (κ2) is 10.2. The molecule has 1 aromatic heterocycles. The number of hydrogen-bond donors (Lipinski definition) is 3. The van der Waals surface area contributed by atoms with Crippen molar-refractivity contribution in [2.45, 2.75) is 12.2 Å². The minimum atomic E-state index is -4.53. The Morgan fingerprint density at radius 3 is 2.36 bits per heavy atom. The van der Waals surface area contributed by atoms with Gasteiger partial charge in [0, 0.05) is 10.9 Å². The van der Waals surface area contributed by atoms with Crippen molar-refractivity contribution in [1.29, 1.82) is 0 Å². The molecule has 0 saturated carbocycles. The molecule has 36 heavy (non-hydrogen) atoms. The van der Waals surface area contributed by atoms with Gasteiger partial charge in [-0.3, -0.25) is 14.4 Å². The van der Waals surface area contributed by atoms with Crippen molar-refractivity contribution in [1.82, 2.24) is 20.9 Å². The van der Waals surface area contributed by atoms with Gasteiger partial charge in [-0.1, -0.05) is 48.5 Å². The highest BCUT2D eigenvalue weighted by Gasteiger charge is 2.30. The first kappa shape index (κ1) is 24.3. The van der Waals surface area contributed by atoms with Crippen molar-refractivity contribution in [3.8, 4) is 0 Å². The second-order valence-electron chi connectivity index (χ2n) is 7.61. The molecule has 1 unspecified atom stereocenters. The van der Waals surface area contributed by atoms with Gasteiger partial charge < -0.3 is 5.32 Å². The Hall–Kier alpha value is -4.80.